The molecule has 1 aliphatic rings. The van der Waals surface area contributed by atoms with Crippen LogP contribution in [-0.2, 0) is 14.3 Å². The Balaban J connectivity index is 1.98. The van der Waals surface area contributed by atoms with Gasteiger partial charge in [0.25, 0.3) is 0 Å². The van der Waals surface area contributed by atoms with Gasteiger partial charge in [0.1, 0.15) is 6.54 Å². The summed E-state index contributed by atoms with van der Waals surface area (Å²) in [6, 6.07) is 7.78. The Morgan fingerprint density at radius 2 is 2.08 bits per heavy atom. The van der Waals surface area contributed by atoms with Gasteiger partial charge in [-0.15, -0.1) is 11.8 Å². The predicted molar refractivity (Wildman–Crippen MR) is 102 cm³/mol. The quantitative estimate of drug-likeness (QED) is 0.755. The van der Waals surface area contributed by atoms with Crippen LogP contribution < -0.4 is 10.2 Å². The molecule has 1 aromatic rings. The van der Waals surface area contributed by atoms with Crippen LogP contribution in [0, 0.1) is 0 Å². The van der Waals surface area contributed by atoms with Gasteiger partial charge in [-0.1, -0.05) is 12.1 Å². The molecule has 0 bridgehead atoms. The zero-order valence-electron chi connectivity index (χ0n) is 15.5. The molecule has 1 aliphatic heterocycles. The minimum Gasteiger partial charge on any atom is -0.379 e. The molecule has 0 aliphatic carbocycles. The third-order valence-corrected chi connectivity index (χ3v) is 5.08. The molecule has 25 heavy (non-hydrogen) atoms. The van der Waals surface area contributed by atoms with Gasteiger partial charge in [-0.25, -0.2) is 0 Å². The largest absolute Gasteiger partial charge is 0.379 e. The van der Waals surface area contributed by atoms with Crippen LogP contribution in [0.15, 0.2) is 29.2 Å². The number of carbonyl (C=O) groups excluding carboxylic acids is 2. The van der Waals surface area contributed by atoms with Crippen molar-refractivity contribution in [2.45, 2.75) is 56.3 Å². The van der Waals surface area contributed by atoms with Crippen LogP contribution in [0.4, 0.5) is 5.69 Å². The maximum atomic E-state index is 12.7. The number of rotatable bonds is 7. The Kier molecular flexibility index (Phi) is 6.90. The summed E-state index contributed by atoms with van der Waals surface area (Å²) in [4.78, 5) is 27.6. The summed E-state index contributed by atoms with van der Waals surface area (Å²) in [5.74, 6) is -0.154. The Labute approximate surface area is 154 Å². The van der Waals surface area contributed by atoms with Gasteiger partial charge in [-0.3, -0.25) is 9.59 Å². The molecule has 1 aromatic carbocycles. The molecule has 0 fully saturated rings. The Morgan fingerprint density at radius 1 is 1.36 bits per heavy atom. The fraction of sp³-hybridized carbons (Fsp3) is 0.579. The number of hydrogen-bond acceptors (Lipinski definition) is 4. The van der Waals surface area contributed by atoms with Crippen LogP contribution in [0.25, 0.3) is 0 Å². The molecular formula is C19H28N2O3S. The number of carbonyl (C=O) groups is 2. The lowest BCUT2D eigenvalue weighted by molar-refractivity contribution is -0.124. The molecule has 0 atom stereocenters. The highest BCUT2D eigenvalue weighted by Gasteiger charge is 2.33. The molecule has 1 heterocycles. The van der Waals surface area contributed by atoms with E-state index >= 15 is 0 Å². The summed E-state index contributed by atoms with van der Waals surface area (Å²) >= 11 is 1.69. The molecular weight excluding hydrogens is 336 g/mol. The first-order valence-electron chi connectivity index (χ1n) is 8.75. The van der Waals surface area contributed by atoms with Gasteiger partial charge >= 0.3 is 0 Å². The normalized spacial score (nSPS) is 16.5. The van der Waals surface area contributed by atoms with Gasteiger partial charge in [0.05, 0.1) is 11.8 Å². The van der Waals surface area contributed by atoms with Crippen molar-refractivity contribution in [1.29, 1.82) is 0 Å². The number of ether oxygens (including phenoxy) is 1. The molecule has 0 unspecified atom stereocenters. The number of para-hydroxylation sites is 1. The molecule has 0 aromatic heterocycles. The second-order valence-corrected chi connectivity index (χ2v) is 8.86. The van der Waals surface area contributed by atoms with Gasteiger partial charge in [-0.05, 0) is 46.2 Å². The highest BCUT2D eigenvalue weighted by molar-refractivity contribution is 8.00. The third-order valence-electron chi connectivity index (χ3n) is 3.82. The van der Waals surface area contributed by atoms with Gasteiger partial charge in [0.2, 0.25) is 11.8 Å². The SMILES string of the molecule is CC(C)OCCCNC(=O)CN1C(=O)CC(C)(C)Sc2ccccc21. The number of nitrogens with zero attached hydrogens (tertiary/aromatic N) is 1. The van der Waals surface area contributed by atoms with E-state index in [-0.39, 0.29) is 29.2 Å². The maximum absolute atomic E-state index is 12.7. The fourth-order valence-electron chi connectivity index (χ4n) is 2.69. The van der Waals surface area contributed by atoms with Crippen molar-refractivity contribution in [2.24, 2.45) is 0 Å². The van der Waals surface area contributed by atoms with Crippen LogP contribution in [-0.4, -0.2) is 42.4 Å². The first-order valence-corrected chi connectivity index (χ1v) is 9.57. The van der Waals surface area contributed by atoms with E-state index in [1.807, 2.05) is 38.1 Å². The molecule has 1 N–H and O–H groups in total. The summed E-state index contributed by atoms with van der Waals surface area (Å²) in [6.45, 7) is 9.32. The first-order chi connectivity index (χ1) is 11.8. The summed E-state index contributed by atoms with van der Waals surface area (Å²) in [7, 11) is 0. The molecule has 138 valence electrons. The third kappa shape index (κ3) is 6.04. The van der Waals surface area contributed by atoms with E-state index in [0.29, 0.717) is 19.6 Å². The monoisotopic (exact) mass is 364 g/mol. The predicted octanol–water partition coefficient (Wildman–Crippen LogP) is 3.23. The smallest absolute Gasteiger partial charge is 0.240 e. The van der Waals surface area contributed by atoms with Gasteiger partial charge in [-0.2, -0.15) is 0 Å². The second kappa shape index (κ2) is 8.72. The standard InChI is InChI=1S/C19H28N2O3S/c1-14(2)24-11-7-10-20-17(22)13-21-15-8-5-6-9-16(15)25-19(3,4)12-18(21)23/h5-6,8-9,14H,7,10-13H2,1-4H3,(H,20,22). The van der Waals surface area contributed by atoms with E-state index in [0.717, 1.165) is 17.0 Å². The average molecular weight is 365 g/mol. The lowest BCUT2D eigenvalue weighted by Crippen LogP contribution is -2.42. The van der Waals surface area contributed by atoms with Crippen LogP contribution in [0.3, 0.4) is 0 Å². The van der Waals surface area contributed by atoms with Crippen molar-refractivity contribution in [1.82, 2.24) is 5.32 Å². The lowest BCUT2D eigenvalue weighted by Gasteiger charge is -2.22. The van der Waals surface area contributed by atoms with Gasteiger partial charge < -0.3 is 15.0 Å². The molecule has 6 heteroatoms. The molecule has 0 saturated carbocycles. The second-order valence-electron chi connectivity index (χ2n) is 7.11. The molecule has 2 rings (SSSR count). The van der Waals surface area contributed by atoms with E-state index in [9.17, 15) is 9.59 Å². The maximum Gasteiger partial charge on any atom is 0.240 e. The summed E-state index contributed by atoms with van der Waals surface area (Å²) < 4.78 is 5.27. The molecule has 0 saturated heterocycles. The van der Waals surface area contributed by atoms with Crippen molar-refractivity contribution in [3.63, 3.8) is 0 Å². The average Bonchev–Trinajstić information content (AvgIpc) is 2.60. The minimum absolute atomic E-state index is 0.0132. The number of anilines is 1. The summed E-state index contributed by atoms with van der Waals surface area (Å²) in [5, 5.41) is 2.88. The zero-order valence-corrected chi connectivity index (χ0v) is 16.3. The summed E-state index contributed by atoms with van der Waals surface area (Å²) in [5.41, 5.74) is 0.821. The van der Waals surface area contributed by atoms with Crippen molar-refractivity contribution in [3.8, 4) is 0 Å². The number of benzene rings is 1. The van der Waals surface area contributed by atoms with Gasteiger partial charge in [0.15, 0.2) is 0 Å². The topological polar surface area (TPSA) is 58.6 Å². The number of nitrogens with one attached hydrogen (secondary N) is 1. The van der Waals surface area contributed by atoms with Crippen LogP contribution in [0.1, 0.15) is 40.5 Å². The lowest BCUT2D eigenvalue weighted by atomic mass is 10.1. The number of fused-ring (bicyclic) bond motifs is 1. The molecule has 2 amide bonds. The Morgan fingerprint density at radius 3 is 2.80 bits per heavy atom. The molecule has 5 nitrogen and oxygen atoms in total. The van der Waals surface area contributed by atoms with Crippen LogP contribution in [0.2, 0.25) is 0 Å². The highest BCUT2D eigenvalue weighted by Crippen LogP contribution is 2.43. The van der Waals surface area contributed by atoms with Crippen LogP contribution >= 0.6 is 11.8 Å². The van der Waals surface area contributed by atoms with E-state index in [1.165, 1.54) is 0 Å². The van der Waals surface area contributed by atoms with Crippen molar-refractivity contribution >= 4 is 29.3 Å². The number of amides is 2. The minimum atomic E-state index is -0.188. The number of thioether (sulfide) groups is 1. The van der Waals surface area contributed by atoms with Crippen molar-refractivity contribution < 1.29 is 14.3 Å². The summed E-state index contributed by atoms with van der Waals surface area (Å²) in [6.07, 6.45) is 1.36. The van der Waals surface area contributed by atoms with E-state index < -0.39 is 0 Å². The molecule has 0 radical (unpaired) electrons. The fourth-order valence-corrected chi connectivity index (χ4v) is 3.91. The Hall–Kier alpha value is -1.53. The first kappa shape index (κ1) is 19.8. The van der Waals surface area contributed by atoms with Crippen molar-refractivity contribution in [3.05, 3.63) is 24.3 Å². The van der Waals surface area contributed by atoms with Crippen molar-refractivity contribution in [2.75, 3.05) is 24.6 Å². The highest BCUT2D eigenvalue weighted by atomic mass is 32.2. The van der Waals surface area contributed by atoms with E-state index in [2.05, 4.69) is 19.2 Å². The Bertz CT molecular complexity index is 616. The van der Waals surface area contributed by atoms with E-state index in [1.54, 1.807) is 16.7 Å². The van der Waals surface area contributed by atoms with E-state index in [4.69, 9.17) is 4.74 Å². The number of hydrogen-bond donors (Lipinski definition) is 1. The molecule has 0 spiro atoms. The van der Waals surface area contributed by atoms with Crippen LogP contribution in [0.5, 0.6) is 0 Å². The van der Waals surface area contributed by atoms with Gasteiger partial charge in [0, 0.05) is 29.2 Å². The zero-order chi connectivity index (χ0) is 18.4.